The van der Waals surface area contributed by atoms with Crippen molar-refractivity contribution in [1.29, 1.82) is 0 Å². The Labute approximate surface area is 304 Å². The summed E-state index contributed by atoms with van der Waals surface area (Å²) in [7, 11) is 0. The van der Waals surface area contributed by atoms with Gasteiger partial charge in [-0.25, -0.2) is 9.97 Å². The number of para-hydroxylation sites is 2. The SMILES string of the molecule is CC(C)(C)c1cnc(-n2c3ccc(-c4ccccc4)cc3c3ccc(Oc4cccc(N5CN(Cc6ccccc6)c6ccccc65)c4)cc32)nc1. The minimum absolute atomic E-state index is 0.0448. The van der Waals surface area contributed by atoms with Crippen LogP contribution in [-0.4, -0.2) is 21.2 Å². The molecule has 9 rings (SSSR count). The van der Waals surface area contributed by atoms with E-state index in [0.717, 1.165) is 57.8 Å². The first-order valence-corrected chi connectivity index (χ1v) is 17.8. The van der Waals surface area contributed by atoms with Crippen molar-refractivity contribution in [2.75, 3.05) is 16.5 Å². The lowest BCUT2D eigenvalue weighted by molar-refractivity contribution is 0.483. The highest BCUT2D eigenvalue weighted by atomic mass is 16.5. The zero-order chi connectivity index (χ0) is 35.2. The van der Waals surface area contributed by atoms with Gasteiger partial charge in [-0.15, -0.1) is 0 Å². The molecule has 0 radical (unpaired) electrons. The number of fused-ring (bicyclic) bond motifs is 4. The molecular formula is C46H39N5O. The molecule has 1 aliphatic heterocycles. The van der Waals surface area contributed by atoms with Gasteiger partial charge in [0.2, 0.25) is 5.95 Å². The second-order valence-electron chi connectivity index (χ2n) is 14.5. The minimum atomic E-state index is -0.0448. The van der Waals surface area contributed by atoms with Crippen LogP contribution in [0.5, 0.6) is 11.5 Å². The molecular weight excluding hydrogens is 639 g/mol. The second-order valence-corrected chi connectivity index (χ2v) is 14.5. The molecule has 0 unspecified atom stereocenters. The molecule has 0 amide bonds. The molecule has 2 aromatic heterocycles. The maximum Gasteiger partial charge on any atom is 0.234 e. The van der Waals surface area contributed by atoms with Crippen LogP contribution in [0.1, 0.15) is 31.9 Å². The summed E-state index contributed by atoms with van der Waals surface area (Å²) in [6.07, 6.45) is 3.89. The third-order valence-corrected chi connectivity index (χ3v) is 9.96. The standard InChI is InChI=1S/C46H39N5O/c1-46(2,3)35-28-47-45(48-29-35)51-41-24-21-34(33-15-8-5-9-16-33)25-40(41)39-23-22-38(27-44(39)51)52-37-18-12-17-36(26-37)50-31-49(30-32-13-6-4-7-14-32)42-19-10-11-20-43(42)50/h4-29H,30-31H2,1-3H3. The summed E-state index contributed by atoms with van der Waals surface area (Å²) in [5, 5.41) is 2.26. The van der Waals surface area contributed by atoms with E-state index in [2.05, 4.69) is 175 Å². The summed E-state index contributed by atoms with van der Waals surface area (Å²) < 4.78 is 8.80. The fraction of sp³-hybridized carbons (Fsp3) is 0.130. The Hall–Kier alpha value is -6.40. The van der Waals surface area contributed by atoms with Gasteiger partial charge in [-0.05, 0) is 76.2 Å². The maximum atomic E-state index is 6.65. The van der Waals surface area contributed by atoms with E-state index >= 15 is 0 Å². The number of ether oxygens (including phenoxy) is 1. The molecule has 0 atom stereocenters. The molecule has 6 nitrogen and oxygen atoms in total. The van der Waals surface area contributed by atoms with Gasteiger partial charge in [-0.2, -0.15) is 0 Å². The zero-order valence-electron chi connectivity index (χ0n) is 29.6. The fourth-order valence-electron chi connectivity index (χ4n) is 7.21. The van der Waals surface area contributed by atoms with Crippen molar-refractivity contribution in [2.24, 2.45) is 0 Å². The third kappa shape index (κ3) is 5.82. The average molecular weight is 678 g/mol. The van der Waals surface area contributed by atoms with Crippen LogP contribution < -0.4 is 14.5 Å². The van der Waals surface area contributed by atoms with Gasteiger partial charge in [0.1, 0.15) is 11.5 Å². The van der Waals surface area contributed by atoms with Crippen LogP contribution in [0.3, 0.4) is 0 Å². The van der Waals surface area contributed by atoms with Crippen LogP contribution in [0, 0.1) is 0 Å². The van der Waals surface area contributed by atoms with Crippen LogP contribution >= 0.6 is 0 Å². The van der Waals surface area contributed by atoms with Crippen molar-refractivity contribution < 1.29 is 4.74 Å². The largest absolute Gasteiger partial charge is 0.457 e. The van der Waals surface area contributed by atoms with Crippen molar-refractivity contribution in [1.82, 2.24) is 14.5 Å². The predicted octanol–water partition coefficient (Wildman–Crippen LogP) is 11.4. The number of benzene rings is 6. The van der Waals surface area contributed by atoms with E-state index in [-0.39, 0.29) is 5.41 Å². The summed E-state index contributed by atoms with van der Waals surface area (Å²) in [5.41, 5.74) is 10.2. The first kappa shape index (κ1) is 31.6. The minimum Gasteiger partial charge on any atom is -0.457 e. The lowest BCUT2D eigenvalue weighted by atomic mass is 9.89. The normalized spacial score (nSPS) is 12.8. The van der Waals surface area contributed by atoms with Gasteiger partial charge in [-0.3, -0.25) is 4.57 Å². The van der Waals surface area contributed by atoms with Crippen LogP contribution in [0.15, 0.2) is 158 Å². The van der Waals surface area contributed by atoms with E-state index in [9.17, 15) is 0 Å². The van der Waals surface area contributed by atoms with Crippen LogP contribution in [0.2, 0.25) is 0 Å². The van der Waals surface area contributed by atoms with E-state index in [1.165, 1.54) is 28.1 Å². The summed E-state index contributed by atoms with van der Waals surface area (Å²) in [6, 6.07) is 51.1. The highest BCUT2D eigenvalue weighted by Crippen LogP contribution is 2.43. The Balaban J connectivity index is 1.08. The van der Waals surface area contributed by atoms with Crippen LogP contribution in [0.4, 0.5) is 17.1 Å². The van der Waals surface area contributed by atoms with E-state index in [0.29, 0.717) is 5.95 Å². The second kappa shape index (κ2) is 12.7. The zero-order valence-corrected chi connectivity index (χ0v) is 29.6. The van der Waals surface area contributed by atoms with E-state index in [1.54, 1.807) is 0 Å². The van der Waals surface area contributed by atoms with Gasteiger partial charge in [0, 0.05) is 47.5 Å². The molecule has 3 heterocycles. The van der Waals surface area contributed by atoms with Crippen molar-refractivity contribution in [3.05, 3.63) is 169 Å². The molecule has 0 saturated carbocycles. The first-order valence-electron chi connectivity index (χ1n) is 17.8. The van der Waals surface area contributed by atoms with E-state index in [4.69, 9.17) is 14.7 Å². The topological polar surface area (TPSA) is 46.4 Å². The van der Waals surface area contributed by atoms with E-state index in [1.807, 2.05) is 18.5 Å². The van der Waals surface area contributed by atoms with Gasteiger partial charge in [0.25, 0.3) is 0 Å². The Bertz CT molecular complexity index is 2540. The Morgan fingerprint density at radius 1 is 0.596 bits per heavy atom. The van der Waals surface area contributed by atoms with Crippen molar-refractivity contribution >= 4 is 38.9 Å². The summed E-state index contributed by atoms with van der Waals surface area (Å²) >= 11 is 0. The molecule has 0 saturated heterocycles. The number of aromatic nitrogens is 3. The molecule has 8 aromatic rings. The highest BCUT2D eigenvalue weighted by Gasteiger charge is 2.27. The molecule has 0 bridgehead atoms. The predicted molar refractivity (Wildman–Crippen MR) is 213 cm³/mol. The number of nitrogens with zero attached hydrogens (tertiary/aromatic N) is 5. The maximum absolute atomic E-state index is 6.65. The molecule has 0 spiro atoms. The van der Waals surface area contributed by atoms with Crippen molar-refractivity contribution in [2.45, 2.75) is 32.7 Å². The Morgan fingerprint density at radius 3 is 2.08 bits per heavy atom. The first-order chi connectivity index (χ1) is 25.4. The number of anilines is 3. The number of hydrogen-bond donors (Lipinski definition) is 0. The molecule has 6 aromatic carbocycles. The molecule has 0 aliphatic carbocycles. The van der Waals surface area contributed by atoms with Gasteiger partial charge in [0.05, 0.1) is 29.1 Å². The van der Waals surface area contributed by atoms with Gasteiger partial charge < -0.3 is 14.5 Å². The van der Waals surface area contributed by atoms with Crippen LogP contribution in [0.25, 0.3) is 38.9 Å². The van der Waals surface area contributed by atoms with Crippen LogP contribution in [-0.2, 0) is 12.0 Å². The fourth-order valence-corrected chi connectivity index (χ4v) is 7.21. The summed E-state index contributed by atoms with van der Waals surface area (Å²) in [6.45, 7) is 8.13. The molecule has 6 heteroatoms. The Morgan fingerprint density at radius 2 is 1.31 bits per heavy atom. The molecule has 52 heavy (non-hydrogen) atoms. The van der Waals surface area contributed by atoms with Gasteiger partial charge in [-0.1, -0.05) is 106 Å². The van der Waals surface area contributed by atoms with E-state index < -0.39 is 0 Å². The molecule has 0 N–H and O–H groups in total. The summed E-state index contributed by atoms with van der Waals surface area (Å²) in [4.78, 5) is 14.6. The lowest BCUT2D eigenvalue weighted by Gasteiger charge is -2.22. The monoisotopic (exact) mass is 677 g/mol. The Kier molecular flexibility index (Phi) is 7.73. The highest BCUT2D eigenvalue weighted by molar-refractivity contribution is 6.10. The number of rotatable bonds is 7. The van der Waals surface area contributed by atoms with Crippen molar-refractivity contribution in [3.8, 4) is 28.6 Å². The quantitative estimate of drug-likeness (QED) is 0.168. The van der Waals surface area contributed by atoms with Gasteiger partial charge >= 0.3 is 0 Å². The lowest BCUT2D eigenvalue weighted by Crippen LogP contribution is -2.27. The number of hydrogen-bond acceptors (Lipinski definition) is 5. The average Bonchev–Trinajstić information content (AvgIpc) is 3.70. The molecule has 254 valence electrons. The van der Waals surface area contributed by atoms with Gasteiger partial charge in [0.15, 0.2) is 0 Å². The third-order valence-electron chi connectivity index (χ3n) is 9.96. The molecule has 1 aliphatic rings. The smallest absolute Gasteiger partial charge is 0.234 e. The molecule has 0 fully saturated rings. The summed E-state index contributed by atoms with van der Waals surface area (Å²) in [5.74, 6) is 2.15. The van der Waals surface area contributed by atoms with Crippen molar-refractivity contribution in [3.63, 3.8) is 0 Å².